The van der Waals surface area contributed by atoms with Crippen LogP contribution in [0.3, 0.4) is 0 Å². The highest BCUT2D eigenvalue weighted by Gasteiger charge is 2.12. The van der Waals surface area contributed by atoms with Crippen LogP contribution in [0.25, 0.3) is 0 Å². The summed E-state index contributed by atoms with van der Waals surface area (Å²) in [4.78, 5) is 10.7. The van der Waals surface area contributed by atoms with E-state index in [0.717, 1.165) is 0 Å². The summed E-state index contributed by atoms with van der Waals surface area (Å²) in [6, 6.07) is -0.0379. The van der Waals surface area contributed by atoms with Crippen LogP contribution in [0.15, 0.2) is 0 Å². The summed E-state index contributed by atoms with van der Waals surface area (Å²) in [6.07, 6.45) is 0. The van der Waals surface area contributed by atoms with E-state index in [1.165, 1.54) is 7.11 Å². The van der Waals surface area contributed by atoms with Crippen LogP contribution in [0.2, 0.25) is 0 Å². The second-order valence-corrected chi connectivity index (χ2v) is 2.99. The van der Waals surface area contributed by atoms with Crippen molar-refractivity contribution in [3.05, 3.63) is 0 Å². The second kappa shape index (κ2) is 5.97. The Balaban J connectivity index is 3.65. The van der Waals surface area contributed by atoms with E-state index in [9.17, 15) is 4.79 Å². The van der Waals surface area contributed by atoms with Gasteiger partial charge in [-0.1, -0.05) is 13.8 Å². The Morgan fingerprint density at radius 3 is 2.50 bits per heavy atom. The van der Waals surface area contributed by atoms with Crippen molar-refractivity contribution in [1.82, 2.24) is 5.32 Å². The van der Waals surface area contributed by atoms with Gasteiger partial charge >= 0.3 is 5.97 Å². The lowest BCUT2D eigenvalue weighted by Gasteiger charge is -2.18. The Hall–Kier alpha value is -0.610. The molecule has 4 heteroatoms. The highest BCUT2D eigenvalue weighted by molar-refractivity contribution is 5.71. The van der Waals surface area contributed by atoms with Crippen molar-refractivity contribution in [3.63, 3.8) is 0 Å². The number of aliphatic hydroxyl groups is 1. The fraction of sp³-hybridized carbons (Fsp3) is 0.875. The molecule has 0 aromatic carbocycles. The Labute approximate surface area is 72.9 Å². The van der Waals surface area contributed by atoms with Crippen molar-refractivity contribution in [3.8, 4) is 0 Å². The number of carbonyl (C=O) groups is 1. The zero-order valence-corrected chi connectivity index (χ0v) is 7.83. The number of rotatable bonds is 5. The molecular formula is C8H17NO3. The number of esters is 1. The molecule has 1 atom stereocenters. The summed E-state index contributed by atoms with van der Waals surface area (Å²) in [6.45, 7) is 4.14. The summed E-state index contributed by atoms with van der Waals surface area (Å²) in [5.74, 6) is -0.00578. The Morgan fingerprint density at radius 1 is 1.58 bits per heavy atom. The molecule has 0 amide bonds. The molecule has 72 valence electrons. The molecule has 0 bridgehead atoms. The van der Waals surface area contributed by atoms with Gasteiger partial charge in [-0.15, -0.1) is 0 Å². The fourth-order valence-corrected chi connectivity index (χ4v) is 0.798. The molecule has 0 saturated carbocycles. The highest BCUT2D eigenvalue weighted by Crippen LogP contribution is 1.99. The number of nitrogens with one attached hydrogen (secondary N) is 1. The number of carbonyl (C=O) groups excluding carboxylic acids is 1. The monoisotopic (exact) mass is 175 g/mol. The number of methoxy groups -OCH3 is 1. The van der Waals surface area contributed by atoms with Crippen molar-refractivity contribution in [2.75, 3.05) is 20.3 Å². The van der Waals surface area contributed by atoms with Gasteiger partial charge in [0.25, 0.3) is 0 Å². The molecule has 0 spiro atoms. The van der Waals surface area contributed by atoms with E-state index in [-0.39, 0.29) is 25.2 Å². The van der Waals surface area contributed by atoms with Crippen LogP contribution in [-0.2, 0) is 9.53 Å². The van der Waals surface area contributed by atoms with Crippen molar-refractivity contribution in [2.24, 2.45) is 5.92 Å². The van der Waals surface area contributed by atoms with E-state index < -0.39 is 0 Å². The first kappa shape index (κ1) is 11.4. The van der Waals surface area contributed by atoms with Gasteiger partial charge in [0.15, 0.2) is 0 Å². The van der Waals surface area contributed by atoms with E-state index in [1.54, 1.807) is 0 Å². The van der Waals surface area contributed by atoms with E-state index in [4.69, 9.17) is 5.11 Å². The third-order valence-corrected chi connectivity index (χ3v) is 1.74. The van der Waals surface area contributed by atoms with Crippen LogP contribution < -0.4 is 5.32 Å². The quantitative estimate of drug-likeness (QED) is 0.566. The summed E-state index contributed by atoms with van der Waals surface area (Å²) < 4.78 is 4.44. The first-order valence-corrected chi connectivity index (χ1v) is 4.02. The van der Waals surface area contributed by atoms with Crippen molar-refractivity contribution >= 4 is 5.97 Å². The van der Waals surface area contributed by atoms with Crippen LogP contribution in [0.4, 0.5) is 0 Å². The van der Waals surface area contributed by atoms with Crippen molar-refractivity contribution in [1.29, 1.82) is 0 Å². The van der Waals surface area contributed by atoms with Crippen LogP contribution in [-0.4, -0.2) is 37.4 Å². The Kier molecular flexibility index (Phi) is 5.66. The minimum atomic E-state index is -0.311. The van der Waals surface area contributed by atoms with Gasteiger partial charge < -0.3 is 15.2 Å². The predicted octanol–water partition coefficient (Wildman–Crippen LogP) is -0.234. The first-order chi connectivity index (χ1) is 5.61. The third-order valence-electron chi connectivity index (χ3n) is 1.74. The normalized spacial score (nSPS) is 13.1. The minimum absolute atomic E-state index is 0.0364. The maximum absolute atomic E-state index is 10.7. The zero-order chi connectivity index (χ0) is 9.56. The summed E-state index contributed by atoms with van der Waals surface area (Å²) >= 11 is 0. The molecule has 4 nitrogen and oxygen atoms in total. The second-order valence-electron chi connectivity index (χ2n) is 2.99. The van der Waals surface area contributed by atoms with Gasteiger partial charge in [0.05, 0.1) is 20.3 Å². The number of aliphatic hydroxyl groups excluding tert-OH is 1. The van der Waals surface area contributed by atoms with Crippen LogP contribution in [0, 0.1) is 5.92 Å². The van der Waals surface area contributed by atoms with Gasteiger partial charge in [0.1, 0.15) is 0 Å². The molecule has 12 heavy (non-hydrogen) atoms. The molecule has 2 N–H and O–H groups in total. The fourth-order valence-electron chi connectivity index (χ4n) is 0.798. The van der Waals surface area contributed by atoms with Gasteiger partial charge in [0.2, 0.25) is 0 Å². The lowest BCUT2D eigenvalue weighted by molar-refractivity contribution is -0.139. The van der Waals surface area contributed by atoms with E-state index in [0.29, 0.717) is 5.92 Å². The largest absolute Gasteiger partial charge is 0.468 e. The van der Waals surface area contributed by atoms with Gasteiger partial charge in [-0.3, -0.25) is 4.79 Å². The molecular weight excluding hydrogens is 158 g/mol. The third kappa shape index (κ3) is 4.31. The highest BCUT2D eigenvalue weighted by atomic mass is 16.5. The summed E-state index contributed by atoms with van der Waals surface area (Å²) in [5, 5.41) is 11.8. The van der Waals surface area contributed by atoms with E-state index >= 15 is 0 Å². The molecule has 0 aliphatic rings. The van der Waals surface area contributed by atoms with E-state index in [1.807, 2.05) is 13.8 Å². The molecule has 0 radical (unpaired) electrons. The molecule has 0 unspecified atom stereocenters. The number of hydrogen-bond acceptors (Lipinski definition) is 4. The molecule has 0 aliphatic carbocycles. The molecule has 0 aromatic heterocycles. The lowest BCUT2D eigenvalue weighted by atomic mass is 10.1. The molecule has 0 fully saturated rings. The maximum Gasteiger partial charge on any atom is 0.319 e. The Morgan fingerprint density at radius 2 is 2.17 bits per heavy atom. The molecule has 0 saturated heterocycles. The number of hydrogen-bond donors (Lipinski definition) is 2. The smallest absolute Gasteiger partial charge is 0.319 e. The van der Waals surface area contributed by atoms with Crippen LogP contribution >= 0.6 is 0 Å². The van der Waals surface area contributed by atoms with Gasteiger partial charge in [-0.05, 0) is 5.92 Å². The molecule has 0 aliphatic heterocycles. The summed E-state index contributed by atoms with van der Waals surface area (Å²) in [5.41, 5.74) is 0. The van der Waals surface area contributed by atoms with Gasteiger partial charge in [0, 0.05) is 6.04 Å². The van der Waals surface area contributed by atoms with Crippen LogP contribution in [0.5, 0.6) is 0 Å². The summed E-state index contributed by atoms with van der Waals surface area (Å²) in [7, 11) is 1.34. The lowest BCUT2D eigenvalue weighted by Crippen LogP contribution is -2.40. The van der Waals surface area contributed by atoms with Gasteiger partial charge in [-0.2, -0.15) is 0 Å². The average Bonchev–Trinajstić information content (AvgIpc) is 2.04. The van der Waals surface area contributed by atoms with Gasteiger partial charge in [-0.25, -0.2) is 0 Å². The topological polar surface area (TPSA) is 58.6 Å². The zero-order valence-electron chi connectivity index (χ0n) is 7.83. The molecule has 0 aromatic rings. The average molecular weight is 175 g/mol. The molecule has 0 heterocycles. The first-order valence-electron chi connectivity index (χ1n) is 4.02. The van der Waals surface area contributed by atoms with E-state index in [2.05, 4.69) is 10.1 Å². The number of ether oxygens (including phenoxy) is 1. The minimum Gasteiger partial charge on any atom is -0.468 e. The standard InChI is InChI=1S/C8H17NO3/c1-6(2)7(5-10)9-4-8(11)12-3/h6-7,9-10H,4-5H2,1-3H3/t7-/m1/s1. The Bertz CT molecular complexity index is 136. The maximum atomic E-state index is 10.7. The molecule has 0 rings (SSSR count). The van der Waals surface area contributed by atoms with Crippen molar-refractivity contribution in [2.45, 2.75) is 19.9 Å². The van der Waals surface area contributed by atoms with Crippen LogP contribution in [0.1, 0.15) is 13.8 Å². The van der Waals surface area contributed by atoms with Crippen molar-refractivity contribution < 1.29 is 14.6 Å². The predicted molar refractivity (Wildman–Crippen MR) is 45.7 cm³/mol. The SMILES string of the molecule is COC(=O)CN[C@H](CO)C(C)C.